The maximum atomic E-state index is 11.7. The van der Waals surface area contributed by atoms with E-state index >= 15 is 0 Å². The summed E-state index contributed by atoms with van der Waals surface area (Å²) in [5.74, 6) is 0.362. The van der Waals surface area contributed by atoms with Crippen molar-refractivity contribution in [2.24, 2.45) is 0 Å². The molecule has 0 aliphatic carbocycles. The summed E-state index contributed by atoms with van der Waals surface area (Å²) in [5.41, 5.74) is 0.241. The lowest BCUT2D eigenvalue weighted by Crippen LogP contribution is -2.22. The van der Waals surface area contributed by atoms with Crippen LogP contribution in [0.25, 0.3) is 0 Å². The fourth-order valence-electron chi connectivity index (χ4n) is 1.84. The molecule has 0 bridgehead atoms. The minimum atomic E-state index is -3.17. The van der Waals surface area contributed by atoms with Gasteiger partial charge < -0.3 is 4.52 Å². The summed E-state index contributed by atoms with van der Waals surface area (Å²) in [4.78, 5) is 10.6. The number of nitrogens with zero attached hydrogens (tertiary/aromatic N) is 1. The maximum absolute atomic E-state index is 11.7. The molecule has 1 aliphatic rings. The van der Waals surface area contributed by atoms with Crippen LogP contribution in [0.2, 0.25) is 0 Å². The number of aldehydes is 1. The Hall–Kier alpha value is -1.17. The van der Waals surface area contributed by atoms with Crippen molar-refractivity contribution in [1.29, 1.82) is 0 Å². The van der Waals surface area contributed by atoms with Gasteiger partial charge in [0.2, 0.25) is 0 Å². The van der Waals surface area contributed by atoms with E-state index in [4.69, 9.17) is 4.52 Å². The molecule has 0 radical (unpaired) electrons. The molecule has 6 heteroatoms. The monoisotopic (exact) mass is 229 g/mol. The number of sulfone groups is 1. The first kappa shape index (κ1) is 10.4. The zero-order chi connectivity index (χ0) is 10.9. The highest BCUT2D eigenvalue weighted by Crippen LogP contribution is 2.34. The fourth-order valence-corrected chi connectivity index (χ4v) is 3.76. The number of carbonyl (C=O) groups is 1. The van der Waals surface area contributed by atoms with Gasteiger partial charge in [0.1, 0.15) is 5.25 Å². The van der Waals surface area contributed by atoms with E-state index in [2.05, 4.69) is 5.16 Å². The Morgan fingerprint density at radius 2 is 2.27 bits per heavy atom. The van der Waals surface area contributed by atoms with Gasteiger partial charge in [-0.05, 0) is 12.8 Å². The molecule has 1 unspecified atom stereocenters. The first-order valence-corrected chi connectivity index (χ1v) is 6.48. The first-order valence-electron chi connectivity index (χ1n) is 4.76. The second-order valence-corrected chi connectivity index (χ2v) is 5.92. The van der Waals surface area contributed by atoms with Crippen LogP contribution in [-0.2, 0) is 9.84 Å². The average Bonchev–Trinajstić information content (AvgIpc) is 2.64. The molecule has 1 atom stereocenters. The van der Waals surface area contributed by atoms with Crippen molar-refractivity contribution in [2.75, 3.05) is 5.75 Å². The molecule has 0 amide bonds. The molecule has 0 saturated carbocycles. The predicted octanol–water partition coefficient (Wildman–Crippen LogP) is 1.13. The van der Waals surface area contributed by atoms with Crippen LogP contribution in [-0.4, -0.2) is 25.6 Å². The molecule has 2 rings (SSSR count). The highest BCUT2D eigenvalue weighted by Gasteiger charge is 2.34. The molecule has 15 heavy (non-hydrogen) atoms. The number of hydrogen-bond acceptors (Lipinski definition) is 5. The number of carbonyl (C=O) groups excluding carboxylic acids is 1. The summed E-state index contributed by atoms with van der Waals surface area (Å²) in [5, 5.41) is 2.78. The standard InChI is InChI=1S/C9H11NO4S/c11-6-7-5-10-14-9(7)8-3-1-2-4-15(8,12)13/h5-6,8H,1-4H2. The van der Waals surface area contributed by atoms with E-state index < -0.39 is 15.1 Å². The zero-order valence-electron chi connectivity index (χ0n) is 8.05. The minimum Gasteiger partial charge on any atom is -0.359 e. The van der Waals surface area contributed by atoms with Crippen molar-refractivity contribution < 1.29 is 17.7 Å². The van der Waals surface area contributed by atoms with Gasteiger partial charge in [-0.1, -0.05) is 11.6 Å². The Balaban J connectivity index is 2.41. The molecule has 1 aliphatic heterocycles. The van der Waals surface area contributed by atoms with E-state index in [0.717, 1.165) is 6.42 Å². The Morgan fingerprint density at radius 1 is 1.47 bits per heavy atom. The lowest BCUT2D eigenvalue weighted by molar-refractivity contribution is 0.112. The molecular weight excluding hydrogens is 218 g/mol. The van der Waals surface area contributed by atoms with Crippen molar-refractivity contribution in [2.45, 2.75) is 24.5 Å². The summed E-state index contributed by atoms with van der Waals surface area (Å²) < 4.78 is 28.4. The molecule has 0 aromatic carbocycles. The zero-order valence-corrected chi connectivity index (χ0v) is 8.87. The van der Waals surface area contributed by atoms with Crippen LogP contribution in [0.4, 0.5) is 0 Å². The Morgan fingerprint density at radius 3 is 2.93 bits per heavy atom. The van der Waals surface area contributed by atoms with Crippen molar-refractivity contribution >= 4 is 16.1 Å². The van der Waals surface area contributed by atoms with Gasteiger partial charge in [0.25, 0.3) is 0 Å². The Kier molecular flexibility index (Phi) is 2.60. The second kappa shape index (κ2) is 3.77. The Bertz CT molecular complexity index is 462. The molecular formula is C9H11NO4S. The average molecular weight is 229 g/mol. The summed E-state index contributed by atoms with van der Waals surface area (Å²) in [7, 11) is -3.17. The number of rotatable bonds is 2. The number of hydrogen-bond donors (Lipinski definition) is 0. The smallest absolute Gasteiger partial charge is 0.165 e. The van der Waals surface area contributed by atoms with Gasteiger partial charge in [-0.25, -0.2) is 8.42 Å². The van der Waals surface area contributed by atoms with Crippen LogP contribution < -0.4 is 0 Å². The van der Waals surface area contributed by atoms with Gasteiger partial charge in [-0.15, -0.1) is 0 Å². The van der Waals surface area contributed by atoms with E-state index in [1.54, 1.807) is 0 Å². The van der Waals surface area contributed by atoms with Gasteiger partial charge in [0.15, 0.2) is 21.9 Å². The summed E-state index contributed by atoms with van der Waals surface area (Å²) >= 11 is 0. The molecule has 0 spiro atoms. The van der Waals surface area contributed by atoms with Gasteiger partial charge in [-0.3, -0.25) is 4.79 Å². The van der Waals surface area contributed by atoms with Gasteiger partial charge in [0, 0.05) is 0 Å². The van der Waals surface area contributed by atoms with Crippen molar-refractivity contribution in [3.8, 4) is 0 Å². The first-order chi connectivity index (χ1) is 7.15. The molecule has 82 valence electrons. The van der Waals surface area contributed by atoms with Gasteiger partial charge >= 0.3 is 0 Å². The molecule has 2 heterocycles. The van der Waals surface area contributed by atoms with E-state index in [9.17, 15) is 13.2 Å². The van der Waals surface area contributed by atoms with Gasteiger partial charge in [-0.2, -0.15) is 0 Å². The fraction of sp³-hybridized carbons (Fsp3) is 0.556. The van der Waals surface area contributed by atoms with Gasteiger partial charge in [0.05, 0.1) is 17.5 Å². The largest absolute Gasteiger partial charge is 0.359 e. The maximum Gasteiger partial charge on any atom is 0.165 e. The van der Waals surface area contributed by atoms with Crippen LogP contribution in [0.3, 0.4) is 0 Å². The Labute approximate surface area is 87.4 Å². The van der Waals surface area contributed by atoms with Crippen LogP contribution >= 0.6 is 0 Å². The van der Waals surface area contributed by atoms with Crippen molar-refractivity contribution in [1.82, 2.24) is 5.16 Å². The molecule has 1 fully saturated rings. The third-order valence-electron chi connectivity index (χ3n) is 2.63. The van der Waals surface area contributed by atoms with E-state index in [1.807, 2.05) is 0 Å². The third kappa shape index (κ3) is 1.81. The van der Waals surface area contributed by atoms with Crippen LogP contribution in [0.5, 0.6) is 0 Å². The summed E-state index contributed by atoms with van der Waals surface area (Å²) in [6.45, 7) is 0. The summed E-state index contributed by atoms with van der Waals surface area (Å²) in [6.07, 6.45) is 3.87. The van der Waals surface area contributed by atoms with E-state index in [-0.39, 0.29) is 17.1 Å². The normalized spacial score (nSPS) is 24.9. The SMILES string of the molecule is O=Cc1cnoc1C1CCCCS1(=O)=O. The second-order valence-electron chi connectivity index (χ2n) is 3.61. The van der Waals surface area contributed by atoms with E-state index in [0.29, 0.717) is 19.1 Å². The number of aromatic nitrogens is 1. The molecule has 0 N–H and O–H groups in total. The predicted molar refractivity (Wildman–Crippen MR) is 52.3 cm³/mol. The van der Waals surface area contributed by atoms with Crippen molar-refractivity contribution in [3.05, 3.63) is 17.5 Å². The lowest BCUT2D eigenvalue weighted by Gasteiger charge is -2.19. The third-order valence-corrected chi connectivity index (χ3v) is 4.80. The highest BCUT2D eigenvalue weighted by molar-refractivity contribution is 7.91. The quantitative estimate of drug-likeness (QED) is 0.710. The molecule has 1 aromatic heterocycles. The van der Waals surface area contributed by atoms with Crippen LogP contribution in [0.15, 0.2) is 10.7 Å². The topological polar surface area (TPSA) is 77.2 Å². The molecule has 1 aromatic rings. The highest BCUT2D eigenvalue weighted by atomic mass is 32.2. The minimum absolute atomic E-state index is 0.163. The van der Waals surface area contributed by atoms with Crippen LogP contribution in [0, 0.1) is 0 Å². The molecule has 1 saturated heterocycles. The van der Waals surface area contributed by atoms with Crippen molar-refractivity contribution in [3.63, 3.8) is 0 Å². The lowest BCUT2D eigenvalue weighted by atomic mass is 10.1. The van der Waals surface area contributed by atoms with Crippen LogP contribution in [0.1, 0.15) is 40.6 Å². The summed E-state index contributed by atoms with van der Waals surface area (Å²) in [6, 6.07) is 0. The molecule has 5 nitrogen and oxygen atoms in total. The van der Waals surface area contributed by atoms with E-state index in [1.165, 1.54) is 6.20 Å².